The SMILES string of the molecule is CCn1nc(C)c(C(=O)Nc2ccc(C(=O)O)c(C)c2)c1C. The van der Waals surface area contributed by atoms with E-state index in [4.69, 9.17) is 5.11 Å². The van der Waals surface area contributed by atoms with Gasteiger partial charge in [0.05, 0.1) is 16.8 Å². The Labute approximate surface area is 128 Å². The number of carbonyl (C=O) groups is 2. The monoisotopic (exact) mass is 301 g/mol. The molecule has 0 spiro atoms. The lowest BCUT2D eigenvalue weighted by Gasteiger charge is -2.08. The molecule has 0 aliphatic rings. The number of hydrogen-bond donors (Lipinski definition) is 2. The van der Waals surface area contributed by atoms with Crippen LogP contribution in [0.2, 0.25) is 0 Å². The highest BCUT2D eigenvalue weighted by molar-refractivity contribution is 6.06. The molecular formula is C16H19N3O3. The first-order chi connectivity index (χ1) is 10.3. The van der Waals surface area contributed by atoms with Crippen LogP contribution in [-0.4, -0.2) is 26.8 Å². The van der Waals surface area contributed by atoms with E-state index in [0.717, 1.165) is 5.69 Å². The van der Waals surface area contributed by atoms with Crippen LogP contribution in [-0.2, 0) is 6.54 Å². The smallest absolute Gasteiger partial charge is 0.335 e. The molecule has 0 bridgehead atoms. The number of carboxylic acid groups (broad SMARTS) is 1. The predicted octanol–water partition coefficient (Wildman–Crippen LogP) is 2.78. The van der Waals surface area contributed by atoms with Crippen molar-refractivity contribution in [1.82, 2.24) is 9.78 Å². The van der Waals surface area contributed by atoms with Crippen LogP contribution in [0.25, 0.3) is 0 Å². The number of nitrogens with zero attached hydrogens (tertiary/aromatic N) is 2. The van der Waals surface area contributed by atoms with E-state index in [1.165, 1.54) is 6.07 Å². The van der Waals surface area contributed by atoms with Gasteiger partial charge in [0.15, 0.2) is 0 Å². The highest BCUT2D eigenvalue weighted by atomic mass is 16.4. The minimum Gasteiger partial charge on any atom is -0.478 e. The molecular weight excluding hydrogens is 282 g/mol. The Kier molecular flexibility index (Phi) is 4.30. The van der Waals surface area contributed by atoms with Crippen LogP contribution in [0.15, 0.2) is 18.2 Å². The van der Waals surface area contributed by atoms with Gasteiger partial charge in [-0.05, 0) is 51.5 Å². The summed E-state index contributed by atoms with van der Waals surface area (Å²) in [7, 11) is 0. The summed E-state index contributed by atoms with van der Waals surface area (Å²) in [6, 6.07) is 4.72. The number of nitrogens with one attached hydrogen (secondary N) is 1. The third-order valence-corrected chi connectivity index (χ3v) is 3.62. The Morgan fingerprint density at radius 3 is 2.45 bits per heavy atom. The van der Waals surface area contributed by atoms with Crippen LogP contribution in [0.1, 0.15) is 44.6 Å². The minimum atomic E-state index is -0.980. The van der Waals surface area contributed by atoms with Crippen molar-refractivity contribution in [3.63, 3.8) is 0 Å². The molecule has 1 aromatic heterocycles. The number of rotatable bonds is 4. The molecule has 0 aliphatic carbocycles. The first-order valence-electron chi connectivity index (χ1n) is 7.04. The van der Waals surface area contributed by atoms with Crippen LogP contribution < -0.4 is 5.32 Å². The van der Waals surface area contributed by atoms with Crippen LogP contribution in [0, 0.1) is 20.8 Å². The van der Waals surface area contributed by atoms with Crippen molar-refractivity contribution in [2.45, 2.75) is 34.2 Å². The number of anilines is 1. The van der Waals surface area contributed by atoms with Crippen molar-refractivity contribution < 1.29 is 14.7 Å². The van der Waals surface area contributed by atoms with Crippen LogP contribution >= 0.6 is 0 Å². The molecule has 6 nitrogen and oxygen atoms in total. The van der Waals surface area contributed by atoms with Crippen LogP contribution in [0.3, 0.4) is 0 Å². The van der Waals surface area contributed by atoms with Gasteiger partial charge in [-0.2, -0.15) is 5.10 Å². The summed E-state index contributed by atoms with van der Waals surface area (Å²) in [5.41, 5.74) is 3.44. The minimum absolute atomic E-state index is 0.226. The number of hydrogen-bond acceptors (Lipinski definition) is 3. The molecule has 1 amide bonds. The van der Waals surface area contributed by atoms with Gasteiger partial charge in [-0.1, -0.05) is 0 Å². The number of carbonyl (C=O) groups excluding carboxylic acids is 1. The fraction of sp³-hybridized carbons (Fsp3) is 0.312. The normalized spacial score (nSPS) is 10.5. The average molecular weight is 301 g/mol. The van der Waals surface area contributed by atoms with Crippen molar-refractivity contribution in [2.24, 2.45) is 0 Å². The van der Waals surface area contributed by atoms with Gasteiger partial charge in [0.25, 0.3) is 5.91 Å². The molecule has 2 rings (SSSR count). The summed E-state index contributed by atoms with van der Waals surface area (Å²) in [4.78, 5) is 23.4. The fourth-order valence-corrected chi connectivity index (χ4v) is 2.51. The van der Waals surface area contributed by atoms with E-state index in [1.807, 2.05) is 13.8 Å². The van der Waals surface area contributed by atoms with Crippen LogP contribution in [0.5, 0.6) is 0 Å². The molecule has 0 aliphatic heterocycles. The Morgan fingerprint density at radius 2 is 1.95 bits per heavy atom. The van der Waals surface area contributed by atoms with Crippen LogP contribution in [0.4, 0.5) is 5.69 Å². The standard InChI is InChI=1S/C16H19N3O3/c1-5-19-11(4)14(10(3)18-19)15(20)17-12-6-7-13(16(21)22)9(2)8-12/h6-8H,5H2,1-4H3,(H,17,20)(H,21,22). The molecule has 0 saturated heterocycles. The van der Waals surface area contributed by atoms with Gasteiger partial charge < -0.3 is 10.4 Å². The molecule has 0 atom stereocenters. The average Bonchev–Trinajstić information content (AvgIpc) is 2.72. The maximum Gasteiger partial charge on any atom is 0.335 e. The first-order valence-corrected chi connectivity index (χ1v) is 7.04. The summed E-state index contributed by atoms with van der Waals surface area (Å²) >= 11 is 0. The van der Waals surface area contributed by atoms with Gasteiger partial charge in [-0.3, -0.25) is 9.48 Å². The Hall–Kier alpha value is -2.63. The van der Waals surface area contributed by atoms with Crippen molar-refractivity contribution in [3.8, 4) is 0 Å². The van der Waals surface area contributed by atoms with E-state index in [9.17, 15) is 9.59 Å². The molecule has 0 radical (unpaired) electrons. The van der Waals surface area contributed by atoms with Gasteiger partial charge in [-0.15, -0.1) is 0 Å². The van der Waals surface area contributed by atoms with E-state index >= 15 is 0 Å². The second-order valence-corrected chi connectivity index (χ2v) is 5.15. The van der Waals surface area contributed by atoms with Crippen molar-refractivity contribution in [1.29, 1.82) is 0 Å². The van der Waals surface area contributed by atoms with Gasteiger partial charge in [0.1, 0.15) is 0 Å². The van der Waals surface area contributed by atoms with Crippen molar-refractivity contribution in [3.05, 3.63) is 46.3 Å². The quantitative estimate of drug-likeness (QED) is 0.909. The Bertz CT molecular complexity index is 747. The lowest BCUT2D eigenvalue weighted by Crippen LogP contribution is -2.14. The molecule has 0 saturated carbocycles. The largest absolute Gasteiger partial charge is 0.478 e. The molecule has 1 aromatic carbocycles. The maximum atomic E-state index is 12.4. The number of amides is 1. The fourth-order valence-electron chi connectivity index (χ4n) is 2.51. The Morgan fingerprint density at radius 1 is 1.27 bits per heavy atom. The summed E-state index contributed by atoms with van der Waals surface area (Å²) in [5, 5.41) is 16.1. The van der Waals surface area contributed by atoms with Gasteiger partial charge >= 0.3 is 5.97 Å². The number of carboxylic acids is 1. The summed E-state index contributed by atoms with van der Waals surface area (Å²) in [6.07, 6.45) is 0. The van der Waals surface area contributed by atoms with Gasteiger partial charge in [0, 0.05) is 17.9 Å². The second kappa shape index (κ2) is 6.01. The third-order valence-electron chi connectivity index (χ3n) is 3.62. The van der Waals surface area contributed by atoms with E-state index in [-0.39, 0.29) is 11.5 Å². The van der Waals surface area contributed by atoms with E-state index in [2.05, 4.69) is 10.4 Å². The van der Waals surface area contributed by atoms with Gasteiger partial charge in [-0.25, -0.2) is 4.79 Å². The zero-order valence-electron chi connectivity index (χ0n) is 13.1. The maximum absolute atomic E-state index is 12.4. The number of aromatic nitrogens is 2. The number of benzene rings is 1. The first kappa shape index (κ1) is 15.8. The Balaban J connectivity index is 2.28. The zero-order chi connectivity index (χ0) is 16.4. The highest BCUT2D eigenvalue weighted by Gasteiger charge is 2.18. The van der Waals surface area contributed by atoms with E-state index in [0.29, 0.717) is 29.1 Å². The lowest BCUT2D eigenvalue weighted by molar-refractivity contribution is 0.0696. The molecule has 116 valence electrons. The molecule has 0 unspecified atom stereocenters. The van der Waals surface area contributed by atoms with E-state index < -0.39 is 5.97 Å². The number of aromatic carboxylic acids is 1. The zero-order valence-corrected chi connectivity index (χ0v) is 13.1. The molecule has 2 aromatic rings. The molecule has 0 fully saturated rings. The van der Waals surface area contributed by atoms with Crippen molar-refractivity contribution >= 4 is 17.6 Å². The molecule has 6 heteroatoms. The predicted molar refractivity (Wildman–Crippen MR) is 83.5 cm³/mol. The summed E-state index contributed by atoms with van der Waals surface area (Å²) in [5.74, 6) is -1.22. The summed E-state index contributed by atoms with van der Waals surface area (Å²) in [6.45, 7) is 8.02. The molecule has 22 heavy (non-hydrogen) atoms. The highest BCUT2D eigenvalue weighted by Crippen LogP contribution is 2.19. The van der Waals surface area contributed by atoms with Gasteiger partial charge in [0.2, 0.25) is 0 Å². The lowest BCUT2D eigenvalue weighted by atomic mass is 10.1. The topological polar surface area (TPSA) is 84.2 Å². The molecule has 2 N–H and O–H groups in total. The summed E-state index contributed by atoms with van der Waals surface area (Å²) < 4.78 is 1.78. The van der Waals surface area contributed by atoms with E-state index in [1.54, 1.807) is 30.7 Å². The third kappa shape index (κ3) is 2.86. The number of aryl methyl sites for hydroxylation is 3. The molecule has 1 heterocycles. The second-order valence-electron chi connectivity index (χ2n) is 5.15. The van der Waals surface area contributed by atoms with Crippen molar-refractivity contribution in [2.75, 3.05) is 5.32 Å².